The summed E-state index contributed by atoms with van der Waals surface area (Å²) in [6, 6.07) is 0.831. The molecule has 0 heterocycles. The minimum atomic E-state index is -0.390. The predicted molar refractivity (Wildman–Crippen MR) is 57.7 cm³/mol. The van der Waals surface area contributed by atoms with Crippen molar-refractivity contribution in [3.8, 4) is 0 Å². The molecule has 0 saturated heterocycles. The Morgan fingerprint density at radius 2 is 1.85 bits per heavy atom. The van der Waals surface area contributed by atoms with E-state index in [2.05, 4.69) is 39.6 Å². The van der Waals surface area contributed by atoms with E-state index in [0.29, 0.717) is 18.0 Å². The number of hydrogen-bond acceptors (Lipinski definition) is 2. The van der Waals surface area contributed by atoms with Gasteiger partial charge in [-0.05, 0) is 12.3 Å². The van der Waals surface area contributed by atoms with Crippen LogP contribution in [-0.4, -0.2) is 23.3 Å². The second-order valence-corrected chi connectivity index (χ2v) is 4.21. The van der Waals surface area contributed by atoms with Gasteiger partial charge in [-0.1, -0.05) is 33.8 Å². The fourth-order valence-electron chi connectivity index (χ4n) is 1.32. The third kappa shape index (κ3) is 5.83. The lowest BCUT2D eigenvalue weighted by atomic mass is 9.97. The van der Waals surface area contributed by atoms with Crippen molar-refractivity contribution < 1.29 is 5.11 Å². The van der Waals surface area contributed by atoms with Crippen LogP contribution in [0.4, 0.5) is 0 Å². The molecule has 0 fully saturated rings. The Morgan fingerprint density at radius 1 is 1.31 bits per heavy atom. The molecular formula is C11H23NO. The van der Waals surface area contributed by atoms with Crippen molar-refractivity contribution in [1.82, 2.24) is 5.32 Å². The molecular weight excluding hydrogens is 162 g/mol. The van der Waals surface area contributed by atoms with Crippen LogP contribution in [0.15, 0.2) is 12.7 Å². The first kappa shape index (κ1) is 12.7. The minimum absolute atomic E-state index is 0.369. The normalized spacial score (nSPS) is 16.2. The van der Waals surface area contributed by atoms with Crippen molar-refractivity contribution >= 4 is 0 Å². The summed E-state index contributed by atoms with van der Waals surface area (Å²) in [6.07, 6.45) is 1.95. The van der Waals surface area contributed by atoms with Gasteiger partial charge >= 0.3 is 0 Å². The van der Waals surface area contributed by atoms with Crippen molar-refractivity contribution in [2.75, 3.05) is 0 Å². The van der Waals surface area contributed by atoms with E-state index < -0.39 is 6.10 Å². The Morgan fingerprint density at radius 3 is 2.15 bits per heavy atom. The largest absolute Gasteiger partial charge is 0.389 e. The summed E-state index contributed by atoms with van der Waals surface area (Å²) in [6.45, 7) is 12.1. The molecule has 0 radical (unpaired) electrons. The molecule has 13 heavy (non-hydrogen) atoms. The summed E-state index contributed by atoms with van der Waals surface area (Å²) in [5, 5.41) is 12.9. The monoisotopic (exact) mass is 185 g/mol. The summed E-state index contributed by atoms with van der Waals surface area (Å²) in [5.74, 6) is 0.539. The zero-order valence-corrected chi connectivity index (χ0v) is 9.25. The summed E-state index contributed by atoms with van der Waals surface area (Å²) >= 11 is 0. The van der Waals surface area contributed by atoms with Gasteiger partial charge in [0.2, 0.25) is 0 Å². The molecule has 2 unspecified atom stereocenters. The van der Waals surface area contributed by atoms with Gasteiger partial charge in [-0.15, -0.1) is 6.58 Å². The third-order valence-corrected chi connectivity index (χ3v) is 2.12. The molecule has 0 amide bonds. The Kier molecular flexibility index (Phi) is 6.00. The van der Waals surface area contributed by atoms with Crippen molar-refractivity contribution in [2.45, 2.75) is 52.3 Å². The molecule has 0 aromatic carbocycles. The Labute approximate surface area is 82.0 Å². The highest BCUT2D eigenvalue weighted by Crippen LogP contribution is 2.10. The van der Waals surface area contributed by atoms with Crippen LogP contribution in [-0.2, 0) is 0 Å². The van der Waals surface area contributed by atoms with Crippen LogP contribution in [0.2, 0.25) is 0 Å². The molecule has 0 rings (SSSR count). The van der Waals surface area contributed by atoms with E-state index in [1.807, 2.05) is 0 Å². The fourth-order valence-corrected chi connectivity index (χ4v) is 1.32. The van der Waals surface area contributed by atoms with E-state index in [9.17, 15) is 5.11 Å². The lowest BCUT2D eigenvalue weighted by molar-refractivity contribution is 0.178. The van der Waals surface area contributed by atoms with Crippen LogP contribution in [0, 0.1) is 5.92 Å². The summed E-state index contributed by atoms with van der Waals surface area (Å²) in [7, 11) is 0. The first-order valence-electron chi connectivity index (χ1n) is 5.04. The fraction of sp³-hybridized carbons (Fsp3) is 0.818. The quantitative estimate of drug-likeness (QED) is 0.620. The second-order valence-electron chi connectivity index (χ2n) is 4.21. The number of aliphatic hydroxyl groups is 1. The van der Waals surface area contributed by atoms with Gasteiger partial charge < -0.3 is 10.4 Å². The van der Waals surface area contributed by atoms with Crippen molar-refractivity contribution in [2.24, 2.45) is 5.92 Å². The molecule has 0 aliphatic rings. The van der Waals surface area contributed by atoms with Crippen LogP contribution >= 0.6 is 0 Å². The van der Waals surface area contributed by atoms with E-state index in [1.165, 1.54) is 0 Å². The zero-order chi connectivity index (χ0) is 10.4. The van der Waals surface area contributed by atoms with Gasteiger partial charge in [-0.2, -0.15) is 0 Å². The van der Waals surface area contributed by atoms with Gasteiger partial charge in [-0.25, -0.2) is 0 Å². The first-order chi connectivity index (χ1) is 5.97. The topological polar surface area (TPSA) is 32.3 Å². The molecule has 0 saturated carbocycles. The van der Waals surface area contributed by atoms with Gasteiger partial charge in [0, 0.05) is 12.1 Å². The number of hydrogen-bond donors (Lipinski definition) is 2. The van der Waals surface area contributed by atoms with Gasteiger partial charge in [0.25, 0.3) is 0 Å². The first-order valence-corrected chi connectivity index (χ1v) is 5.04. The highest BCUT2D eigenvalue weighted by atomic mass is 16.3. The second kappa shape index (κ2) is 6.17. The lowest BCUT2D eigenvalue weighted by Crippen LogP contribution is -2.40. The molecule has 2 nitrogen and oxygen atoms in total. The molecule has 0 aliphatic heterocycles. The van der Waals surface area contributed by atoms with Crippen molar-refractivity contribution in [3.05, 3.63) is 12.7 Å². The summed E-state index contributed by atoms with van der Waals surface area (Å²) in [4.78, 5) is 0. The maximum Gasteiger partial charge on any atom is 0.0733 e. The van der Waals surface area contributed by atoms with Crippen LogP contribution in [0.1, 0.15) is 34.1 Å². The Hall–Kier alpha value is -0.340. The maximum atomic E-state index is 9.43. The molecule has 0 spiro atoms. The number of rotatable bonds is 6. The lowest BCUT2D eigenvalue weighted by Gasteiger charge is -2.26. The number of nitrogens with one attached hydrogen (secondary N) is 1. The maximum absolute atomic E-state index is 9.43. The molecule has 0 bridgehead atoms. The Bertz CT molecular complexity index is 143. The van der Waals surface area contributed by atoms with Gasteiger partial charge in [0.05, 0.1) is 6.10 Å². The molecule has 0 aromatic rings. The van der Waals surface area contributed by atoms with Gasteiger partial charge in [0.1, 0.15) is 0 Å². The van der Waals surface area contributed by atoms with E-state index >= 15 is 0 Å². The van der Waals surface area contributed by atoms with E-state index in [1.54, 1.807) is 6.08 Å². The zero-order valence-electron chi connectivity index (χ0n) is 9.25. The molecule has 0 aromatic heterocycles. The summed E-state index contributed by atoms with van der Waals surface area (Å²) < 4.78 is 0. The highest BCUT2D eigenvalue weighted by molar-refractivity contribution is 4.84. The van der Waals surface area contributed by atoms with Crippen LogP contribution in [0.3, 0.4) is 0 Å². The van der Waals surface area contributed by atoms with Crippen LogP contribution in [0.5, 0.6) is 0 Å². The van der Waals surface area contributed by atoms with Crippen LogP contribution < -0.4 is 5.32 Å². The van der Waals surface area contributed by atoms with E-state index in [-0.39, 0.29) is 0 Å². The van der Waals surface area contributed by atoms with E-state index in [0.717, 1.165) is 6.42 Å². The molecule has 2 heteroatoms. The smallest absolute Gasteiger partial charge is 0.0733 e. The van der Waals surface area contributed by atoms with Gasteiger partial charge in [0.15, 0.2) is 0 Å². The third-order valence-electron chi connectivity index (χ3n) is 2.12. The minimum Gasteiger partial charge on any atom is -0.389 e. The van der Waals surface area contributed by atoms with Crippen LogP contribution in [0.25, 0.3) is 0 Å². The average Bonchev–Trinajstić information content (AvgIpc) is 2.02. The summed E-state index contributed by atoms with van der Waals surface area (Å²) in [5.41, 5.74) is 0. The van der Waals surface area contributed by atoms with Crippen molar-refractivity contribution in [1.29, 1.82) is 0 Å². The average molecular weight is 185 g/mol. The van der Waals surface area contributed by atoms with Crippen molar-refractivity contribution in [3.63, 3.8) is 0 Å². The molecule has 2 N–H and O–H groups in total. The number of aliphatic hydroxyl groups excluding tert-OH is 1. The van der Waals surface area contributed by atoms with E-state index in [4.69, 9.17) is 0 Å². The highest BCUT2D eigenvalue weighted by Gasteiger charge is 2.16. The molecule has 78 valence electrons. The standard InChI is InChI=1S/C11H23NO/c1-6-10(13)7-11(8(2)3)12-9(4)5/h6,8-13H,1,7H2,2-5H3. The SMILES string of the molecule is C=CC(O)CC(NC(C)C)C(C)C. The predicted octanol–water partition coefficient (Wildman–Crippen LogP) is 1.95. The molecule has 2 atom stereocenters. The molecule has 0 aliphatic carbocycles. The Balaban J connectivity index is 4.01. The van der Waals surface area contributed by atoms with Gasteiger partial charge in [-0.3, -0.25) is 0 Å².